The van der Waals surface area contributed by atoms with Crippen molar-refractivity contribution in [3.8, 4) is 29.1 Å². The van der Waals surface area contributed by atoms with Crippen LogP contribution in [0.15, 0.2) is 41.7 Å². The van der Waals surface area contributed by atoms with E-state index in [0.717, 1.165) is 5.56 Å². The molecule has 0 saturated carbocycles. The predicted octanol–water partition coefficient (Wildman–Crippen LogP) is 1.89. The molecular weight excluding hydrogens is 443 g/mol. The minimum Gasteiger partial charge on any atom is -0.478 e. The third kappa shape index (κ3) is 3.50. The van der Waals surface area contributed by atoms with Crippen molar-refractivity contribution in [1.82, 2.24) is 24.3 Å². The molecule has 1 aromatic carbocycles. The van der Waals surface area contributed by atoms with Crippen LogP contribution >= 0.6 is 0 Å². The molecule has 0 radical (unpaired) electrons. The number of fused-ring (bicyclic) bond motifs is 1. The summed E-state index contributed by atoms with van der Waals surface area (Å²) in [6.07, 6.45) is 4.62. The van der Waals surface area contributed by atoms with Gasteiger partial charge in [0.05, 0.1) is 25.4 Å². The summed E-state index contributed by atoms with van der Waals surface area (Å²) in [5.41, 5.74) is 1.83. The molecule has 11 nitrogen and oxygen atoms in total. The van der Waals surface area contributed by atoms with Crippen molar-refractivity contribution in [2.45, 2.75) is 11.8 Å². The monoisotopic (exact) mass is 462 g/mol. The molecule has 168 valence electrons. The molecule has 3 heterocycles. The van der Waals surface area contributed by atoms with E-state index in [1.54, 1.807) is 35.3 Å². The summed E-state index contributed by atoms with van der Waals surface area (Å²) in [5, 5.41) is 10.1. The van der Waals surface area contributed by atoms with Crippen molar-refractivity contribution in [3.05, 3.63) is 42.4 Å². The fourth-order valence-corrected chi connectivity index (χ4v) is 4.13. The fraction of sp³-hybridized carbons (Fsp3) is 0.211. The molecule has 0 aliphatic heterocycles. The Labute approximate surface area is 182 Å². The van der Waals surface area contributed by atoms with Crippen molar-refractivity contribution in [2.75, 3.05) is 21.1 Å². The van der Waals surface area contributed by atoms with E-state index in [9.17, 15) is 12.8 Å². The number of alkyl halides is 1. The van der Waals surface area contributed by atoms with Gasteiger partial charge in [-0.15, -0.1) is 0 Å². The molecule has 0 atom stereocenters. The predicted molar refractivity (Wildman–Crippen MR) is 112 cm³/mol. The number of methoxy groups -OCH3 is 2. The molecule has 0 amide bonds. The summed E-state index contributed by atoms with van der Waals surface area (Å²) < 4.78 is 55.9. The Morgan fingerprint density at radius 1 is 1.16 bits per heavy atom. The molecule has 0 saturated heterocycles. The number of ether oxygens (including phenoxy) is 3. The van der Waals surface area contributed by atoms with E-state index < -0.39 is 16.9 Å². The fourth-order valence-electron chi connectivity index (χ4n) is 3.41. The largest absolute Gasteiger partial charge is 0.478 e. The average Bonchev–Trinajstić information content (AvgIpc) is 3.42. The normalized spacial score (nSPS) is 11.7. The Morgan fingerprint density at radius 3 is 2.38 bits per heavy atom. The number of hydrogen-bond acceptors (Lipinski definition) is 8. The molecule has 3 aromatic heterocycles. The first kappa shape index (κ1) is 21.5. The summed E-state index contributed by atoms with van der Waals surface area (Å²) in [6, 6.07) is 5.14. The van der Waals surface area contributed by atoms with E-state index in [2.05, 4.69) is 15.1 Å². The second-order valence-electron chi connectivity index (χ2n) is 6.61. The van der Waals surface area contributed by atoms with Crippen molar-refractivity contribution < 1.29 is 27.0 Å². The number of sulfonamides is 1. The van der Waals surface area contributed by atoms with Crippen molar-refractivity contribution >= 4 is 20.9 Å². The maximum Gasteiger partial charge on any atom is 0.266 e. The number of primary sulfonamides is 1. The van der Waals surface area contributed by atoms with Crippen molar-refractivity contribution in [2.24, 2.45) is 5.14 Å². The summed E-state index contributed by atoms with van der Waals surface area (Å²) in [7, 11) is -1.47. The number of hydrogen-bond donors (Lipinski definition) is 1. The highest BCUT2D eigenvalue weighted by Gasteiger charge is 2.26. The SMILES string of the molecule is COc1nc(-n2cc(S(N)(=O)=O)c3ccc(C)c(-n4cccn4)c32)nc(OC)c1OCF. The second kappa shape index (κ2) is 8.09. The molecule has 32 heavy (non-hydrogen) atoms. The maximum atomic E-state index is 12.8. The Kier molecular flexibility index (Phi) is 5.44. The number of halogens is 1. The zero-order valence-electron chi connectivity index (χ0n) is 17.3. The van der Waals surface area contributed by atoms with Gasteiger partial charge in [-0.2, -0.15) is 15.1 Å². The van der Waals surface area contributed by atoms with Crippen LogP contribution in [0.25, 0.3) is 22.5 Å². The summed E-state index contributed by atoms with van der Waals surface area (Å²) in [4.78, 5) is 8.43. The molecule has 13 heteroatoms. The minimum absolute atomic E-state index is 0.0104. The smallest absolute Gasteiger partial charge is 0.266 e. The van der Waals surface area contributed by atoms with E-state index in [4.69, 9.17) is 19.3 Å². The van der Waals surface area contributed by atoms with E-state index in [1.165, 1.54) is 25.0 Å². The topological polar surface area (TPSA) is 136 Å². The lowest BCUT2D eigenvalue weighted by Crippen LogP contribution is -2.11. The Bertz CT molecular complexity index is 1380. The van der Waals surface area contributed by atoms with Crippen LogP contribution in [-0.2, 0) is 10.0 Å². The van der Waals surface area contributed by atoms with E-state index in [1.807, 2.05) is 6.92 Å². The van der Waals surface area contributed by atoms with E-state index in [-0.39, 0.29) is 28.4 Å². The molecule has 0 aliphatic rings. The zero-order valence-corrected chi connectivity index (χ0v) is 18.1. The highest BCUT2D eigenvalue weighted by Crippen LogP contribution is 2.37. The highest BCUT2D eigenvalue weighted by molar-refractivity contribution is 7.89. The van der Waals surface area contributed by atoms with Crippen LogP contribution in [-0.4, -0.2) is 53.8 Å². The number of aryl methyl sites for hydroxylation is 1. The molecule has 4 rings (SSSR count). The zero-order chi connectivity index (χ0) is 23.0. The van der Waals surface area contributed by atoms with Crippen LogP contribution in [0, 0.1) is 6.92 Å². The van der Waals surface area contributed by atoms with Crippen LogP contribution < -0.4 is 19.3 Å². The Balaban J connectivity index is 2.13. The number of nitrogens with zero attached hydrogens (tertiary/aromatic N) is 5. The first-order chi connectivity index (χ1) is 15.3. The first-order valence-corrected chi connectivity index (χ1v) is 10.7. The summed E-state index contributed by atoms with van der Waals surface area (Å²) >= 11 is 0. The molecule has 0 unspecified atom stereocenters. The average molecular weight is 462 g/mol. The Hall–Kier alpha value is -3.71. The third-order valence-electron chi connectivity index (χ3n) is 4.74. The molecule has 0 spiro atoms. The van der Waals surface area contributed by atoms with Crippen LogP contribution in [0.2, 0.25) is 0 Å². The highest BCUT2D eigenvalue weighted by atomic mass is 32.2. The summed E-state index contributed by atoms with van der Waals surface area (Å²) in [6.45, 7) is 0.699. The molecular formula is C19H19FN6O5S. The number of aromatic nitrogens is 5. The van der Waals surface area contributed by atoms with Gasteiger partial charge in [0, 0.05) is 24.0 Å². The lowest BCUT2D eigenvalue weighted by Gasteiger charge is -2.15. The molecule has 0 bridgehead atoms. The van der Waals surface area contributed by atoms with Gasteiger partial charge in [0.15, 0.2) is 0 Å². The standard InChI is InChI=1S/C19H19FN6O5S/c1-11-5-6-12-13(32(21,27)28)9-25(15(12)14(11)26-8-4-7-22-26)19-23-17(29-2)16(31-10-20)18(24-19)30-3/h4-9H,10H2,1-3H3,(H2,21,27,28). The molecule has 4 aromatic rings. The molecule has 0 fully saturated rings. The lowest BCUT2D eigenvalue weighted by atomic mass is 10.1. The van der Waals surface area contributed by atoms with E-state index in [0.29, 0.717) is 16.6 Å². The van der Waals surface area contributed by atoms with Gasteiger partial charge in [-0.1, -0.05) is 12.1 Å². The second-order valence-corrected chi connectivity index (χ2v) is 8.14. The minimum atomic E-state index is -4.11. The van der Waals surface area contributed by atoms with Gasteiger partial charge in [-0.05, 0) is 18.6 Å². The lowest BCUT2D eigenvalue weighted by molar-refractivity contribution is 0.173. The summed E-state index contributed by atoms with van der Waals surface area (Å²) in [5.74, 6) is -0.342. The van der Waals surface area contributed by atoms with Gasteiger partial charge >= 0.3 is 0 Å². The van der Waals surface area contributed by atoms with Crippen LogP contribution in [0.5, 0.6) is 17.5 Å². The first-order valence-electron chi connectivity index (χ1n) is 9.16. The number of benzene rings is 1. The van der Waals surface area contributed by atoms with Gasteiger partial charge in [0.1, 0.15) is 4.90 Å². The van der Waals surface area contributed by atoms with Gasteiger partial charge in [0.2, 0.25) is 28.6 Å². The van der Waals surface area contributed by atoms with Gasteiger partial charge in [-0.25, -0.2) is 22.6 Å². The number of nitrogens with two attached hydrogens (primary N) is 1. The molecule has 0 aliphatic carbocycles. The van der Waals surface area contributed by atoms with Crippen LogP contribution in [0.4, 0.5) is 4.39 Å². The van der Waals surface area contributed by atoms with Crippen LogP contribution in [0.1, 0.15) is 5.56 Å². The van der Waals surface area contributed by atoms with Crippen molar-refractivity contribution in [3.63, 3.8) is 0 Å². The quantitative estimate of drug-likeness (QED) is 0.440. The van der Waals surface area contributed by atoms with Gasteiger partial charge in [-0.3, -0.25) is 4.57 Å². The maximum absolute atomic E-state index is 12.8. The third-order valence-corrected chi connectivity index (χ3v) is 5.68. The number of rotatable bonds is 7. The molecule has 2 N–H and O–H groups in total. The van der Waals surface area contributed by atoms with Crippen molar-refractivity contribution in [1.29, 1.82) is 0 Å². The van der Waals surface area contributed by atoms with E-state index >= 15 is 0 Å². The Morgan fingerprint density at radius 2 is 1.84 bits per heavy atom. The van der Waals surface area contributed by atoms with Crippen LogP contribution in [0.3, 0.4) is 0 Å². The van der Waals surface area contributed by atoms with Gasteiger partial charge < -0.3 is 14.2 Å². The van der Waals surface area contributed by atoms with Gasteiger partial charge in [0.25, 0.3) is 11.8 Å².